The summed E-state index contributed by atoms with van der Waals surface area (Å²) in [4.78, 5) is 2.44. The van der Waals surface area contributed by atoms with E-state index in [1.54, 1.807) is 0 Å². The van der Waals surface area contributed by atoms with Gasteiger partial charge in [0.1, 0.15) is 0 Å². The Morgan fingerprint density at radius 1 is 0.923 bits per heavy atom. The van der Waals surface area contributed by atoms with Crippen LogP contribution in [0.15, 0.2) is 24.3 Å². The maximum absolute atomic E-state index is 13.8. The molecule has 2 heterocycles. The first kappa shape index (κ1) is 28.5. The first-order valence-corrected chi connectivity index (χ1v) is 11.7. The number of aromatic nitrogens is 4. The standard InChI is InChI=1S/C24H23F9N6/c1-12-7-17-18(5-4-6-34-20(17)13(2)19(12)24(31,32)33)39(21-35-37-38(3)36-21)11-14-8-15(22(25,26)27)10-16(9-14)23(28,29)30/h7-10,18,34H,4-6,11H2,1-3H3. The molecule has 4 rings (SSSR count). The average molecular weight is 566 g/mol. The summed E-state index contributed by atoms with van der Waals surface area (Å²) in [6.45, 7) is 2.42. The summed E-state index contributed by atoms with van der Waals surface area (Å²) in [7, 11) is 1.42. The molecule has 0 aliphatic carbocycles. The van der Waals surface area contributed by atoms with Gasteiger partial charge >= 0.3 is 18.5 Å². The third-order valence-corrected chi connectivity index (χ3v) is 6.53. The van der Waals surface area contributed by atoms with Crippen molar-refractivity contribution >= 4 is 11.6 Å². The topological polar surface area (TPSA) is 58.9 Å². The van der Waals surface area contributed by atoms with Crippen molar-refractivity contribution in [3.05, 3.63) is 63.2 Å². The van der Waals surface area contributed by atoms with E-state index in [-0.39, 0.29) is 34.4 Å². The number of fused-ring (bicyclic) bond motifs is 1. The Kier molecular flexibility index (Phi) is 7.23. The fourth-order valence-corrected chi connectivity index (χ4v) is 4.95. The quantitative estimate of drug-likeness (QED) is 0.351. The predicted octanol–water partition coefficient (Wildman–Crippen LogP) is 6.84. The minimum Gasteiger partial charge on any atom is -0.385 e. The first-order valence-electron chi connectivity index (χ1n) is 11.7. The van der Waals surface area contributed by atoms with Crippen LogP contribution in [0.1, 0.15) is 57.8 Å². The van der Waals surface area contributed by atoms with Crippen LogP contribution in [0.2, 0.25) is 0 Å². The third kappa shape index (κ3) is 5.91. The van der Waals surface area contributed by atoms with Crippen LogP contribution in [0.3, 0.4) is 0 Å². The van der Waals surface area contributed by atoms with E-state index in [0.29, 0.717) is 37.1 Å². The molecular formula is C24H23F9N6. The Balaban J connectivity index is 1.89. The van der Waals surface area contributed by atoms with Gasteiger partial charge in [-0.05, 0) is 72.4 Å². The lowest BCUT2D eigenvalue weighted by molar-refractivity contribution is -0.143. The summed E-state index contributed by atoms with van der Waals surface area (Å²) < 4.78 is 122. The molecule has 6 nitrogen and oxygen atoms in total. The van der Waals surface area contributed by atoms with E-state index in [1.807, 2.05) is 0 Å². The van der Waals surface area contributed by atoms with Gasteiger partial charge in [0, 0.05) is 18.8 Å². The number of rotatable bonds is 4. The monoisotopic (exact) mass is 566 g/mol. The van der Waals surface area contributed by atoms with Crippen LogP contribution in [0.25, 0.3) is 0 Å². The highest BCUT2D eigenvalue weighted by atomic mass is 19.4. The summed E-state index contributed by atoms with van der Waals surface area (Å²) in [6, 6.07) is 1.80. The van der Waals surface area contributed by atoms with Gasteiger partial charge in [0.05, 0.1) is 29.8 Å². The molecule has 39 heavy (non-hydrogen) atoms. The van der Waals surface area contributed by atoms with Crippen molar-refractivity contribution in [3.63, 3.8) is 0 Å². The van der Waals surface area contributed by atoms with Crippen LogP contribution < -0.4 is 10.2 Å². The number of alkyl halides is 9. The molecule has 1 aliphatic rings. The van der Waals surface area contributed by atoms with Crippen molar-refractivity contribution in [2.75, 3.05) is 16.8 Å². The molecule has 212 valence electrons. The Bertz CT molecular complexity index is 1330. The number of halogens is 9. The van der Waals surface area contributed by atoms with Crippen molar-refractivity contribution in [1.82, 2.24) is 20.2 Å². The molecule has 1 unspecified atom stereocenters. The van der Waals surface area contributed by atoms with Crippen LogP contribution in [-0.4, -0.2) is 26.8 Å². The Morgan fingerprint density at radius 2 is 1.54 bits per heavy atom. The Labute approximate surface area is 216 Å². The number of nitrogens with zero attached hydrogens (tertiary/aromatic N) is 5. The molecule has 0 saturated heterocycles. The van der Waals surface area contributed by atoms with E-state index in [1.165, 1.54) is 31.9 Å². The highest BCUT2D eigenvalue weighted by molar-refractivity contribution is 5.65. The smallest absolute Gasteiger partial charge is 0.385 e. The highest BCUT2D eigenvalue weighted by Crippen LogP contribution is 2.45. The highest BCUT2D eigenvalue weighted by Gasteiger charge is 2.40. The van der Waals surface area contributed by atoms with Crippen molar-refractivity contribution in [1.29, 1.82) is 0 Å². The molecule has 3 aromatic rings. The lowest BCUT2D eigenvalue weighted by atomic mass is 9.91. The van der Waals surface area contributed by atoms with Gasteiger partial charge in [-0.1, -0.05) is 11.2 Å². The van der Waals surface area contributed by atoms with Gasteiger partial charge in [0.2, 0.25) is 0 Å². The lowest BCUT2D eigenvalue weighted by Crippen LogP contribution is -2.30. The van der Waals surface area contributed by atoms with E-state index >= 15 is 0 Å². The zero-order valence-electron chi connectivity index (χ0n) is 20.9. The molecule has 0 radical (unpaired) electrons. The lowest BCUT2D eigenvalue weighted by Gasteiger charge is -2.32. The average Bonchev–Trinajstić information content (AvgIpc) is 3.11. The SMILES string of the molecule is Cc1cc2c(c(C)c1C(F)(F)F)NCCCC2N(Cc1cc(C(F)(F)F)cc(C(F)(F)F)c1)c1nnn(C)n1. The molecule has 1 atom stereocenters. The van der Waals surface area contributed by atoms with Gasteiger partial charge in [-0.15, -0.1) is 5.10 Å². The van der Waals surface area contributed by atoms with Crippen molar-refractivity contribution < 1.29 is 39.5 Å². The van der Waals surface area contributed by atoms with E-state index in [0.717, 1.165) is 4.80 Å². The summed E-state index contributed by atoms with van der Waals surface area (Å²) in [5.41, 5.74) is -3.65. The summed E-state index contributed by atoms with van der Waals surface area (Å²) >= 11 is 0. The van der Waals surface area contributed by atoms with Crippen LogP contribution >= 0.6 is 0 Å². The molecule has 0 amide bonds. The minimum atomic E-state index is -5.05. The number of hydrogen-bond donors (Lipinski definition) is 1. The number of benzene rings is 2. The van der Waals surface area contributed by atoms with E-state index in [4.69, 9.17) is 0 Å². The maximum atomic E-state index is 13.8. The van der Waals surface area contributed by atoms with Crippen LogP contribution in [0.4, 0.5) is 51.1 Å². The fraction of sp³-hybridized carbons (Fsp3) is 0.458. The first-order chi connectivity index (χ1) is 18.0. The zero-order valence-corrected chi connectivity index (χ0v) is 20.9. The van der Waals surface area contributed by atoms with E-state index in [2.05, 4.69) is 20.7 Å². The van der Waals surface area contributed by atoms with Gasteiger partial charge in [0.15, 0.2) is 0 Å². The molecule has 0 saturated carbocycles. The van der Waals surface area contributed by atoms with E-state index < -0.39 is 47.8 Å². The number of anilines is 2. The van der Waals surface area contributed by atoms with Gasteiger partial charge in [-0.25, -0.2) is 0 Å². The third-order valence-electron chi connectivity index (χ3n) is 6.53. The Morgan fingerprint density at radius 3 is 2.05 bits per heavy atom. The van der Waals surface area contributed by atoms with Gasteiger partial charge in [-0.3, -0.25) is 0 Å². The molecule has 0 fully saturated rings. The maximum Gasteiger partial charge on any atom is 0.416 e. The van der Waals surface area contributed by atoms with Crippen molar-refractivity contribution in [2.45, 2.75) is 57.8 Å². The van der Waals surface area contributed by atoms with E-state index in [9.17, 15) is 39.5 Å². The van der Waals surface area contributed by atoms with Crippen molar-refractivity contribution in [2.24, 2.45) is 7.05 Å². The second-order valence-electron chi connectivity index (χ2n) is 9.36. The molecule has 1 N–H and O–H groups in total. The van der Waals surface area contributed by atoms with Crippen LogP contribution in [-0.2, 0) is 32.1 Å². The largest absolute Gasteiger partial charge is 0.416 e. The molecule has 1 aliphatic heterocycles. The van der Waals surface area contributed by atoms with Crippen LogP contribution in [0, 0.1) is 13.8 Å². The minimum absolute atomic E-state index is 0.0324. The molecule has 2 aromatic carbocycles. The van der Waals surface area contributed by atoms with Gasteiger partial charge in [0.25, 0.3) is 5.95 Å². The Hall–Kier alpha value is -3.52. The number of hydrogen-bond acceptors (Lipinski definition) is 5. The molecule has 0 spiro atoms. The summed E-state index contributed by atoms with van der Waals surface area (Å²) in [5, 5.41) is 14.8. The molecule has 1 aromatic heterocycles. The summed E-state index contributed by atoms with van der Waals surface area (Å²) in [6.07, 6.45) is -14.0. The second-order valence-corrected chi connectivity index (χ2v) is 9.36. The van der Waals surface area contributed by atoms with Crippen LogP contribution in [0.5, 0.6) is 0 Å². The van der Waals surface area contributed by atoms with Gasteiger partial charge < -0.3 is 10.2 Å². The number of tetrazole rings is 1. The second kappa shape index (κ2) is 9.90. The fourth-order valence-electron chi connectivity index (χ4n) is 4.95. The van der Waals surface area contributed by atoms with Gasteiger partial charge in [-0.2, -0.15) is 44.3 Å². The normalized spacial score (nSPS) is 16.5. The number of aryl methyl sites for hydroxylation is 2. The summed E-state index contributed by atoms with van der Waals surface area (Å²) in [5.74, 6) is -0.100. The van der Waals surface area contributed by atoms with Crippen molar-refractivity contribution in [3.8, 4) is 0 Å². The zero-order chi connectivity index (χ0) is 28.9. The molecule has 15 heteroatoms. The molecular weight excluding hydrogens is 543 g/mol. The molecule has 0 bridgehead atoms. The predicted molar refractivity (Wildman–Crippen MR) is 123 cm³/mol. The number of nitrogens with one attached hydrogen (secondary N) is 1.